The lowest BCUT2D eigenvalue weighted by Crippen LogP contribution is -2.42. The number of halogens is 3. The van der Waals surface area contributed by atoms with Crippen LogP contribution in [-0.2, 0) is 20.6 Å². The second-order valence-corrected chi connectivity index (χ2v) is 8.76. The van der Waals surface area contributed by atoms with Gasteiger partial charge in [0.1, 0.15) is 5.60 Å². The van der Waals surface area contributed by atoms with Crippen molar-refractivity contribution in [2.75, 3.05) is 16.0 Å². The zero-order chi connectivity index (χ0) is 26.4. The molecule has 2 aromatic carbocycles. The summed E-state index contributed by atoms with van der Waals surface area (Å²) in [5, 5.41) is 21.7. The molecular weight excluding hydrogens is 483 g/mol. The molecule has 0 bridgehead atoms. The maximum Gasteiger partial charge on any atom is 0.417 e. The van der Waals surface area contributed by atoms with Crippen molar-refractivity contribution in [3.63, 3.8) is 0 Å². The fraction of sp³-hybridized carbons (Fsp3) is 0.333. The average molecular weight is 508 g/mol. The highest BCUT2D eigenvalue weighted by Crippen LogP contribution is 2.34. The van der Waals surface area contributed by atoms with Crippen molar-refractivity contribution in [1.82, 2.24) is 0 Å². The minimum Gasteiger partial charge on any atom is -0.379 e. The Morgan fingerprint density at radius 3 is 2.11 bits per heavy atom. The highest BCUT2D eigenvalue weighted by molar-refractivity contribution is 7.99. The molecule has 0 saturated carbocycles. The van der Waals surface area contributed by atoms with E-state index in [9.17, 15) is 32.7 Å². The van der Waals surface area contributed by atoms with Crippen LogP contribution in [0, 0.1) is 11.3 Å². The topological polar surface area (TPSA) is 110 Å². The molecule has 35 heavy (non-hydrogen) atoms. The van der Waals surface area contributed by atoms with Crippen LogP contribution in [-0.4, -0.2) is 34.2 Å². The van der Waals surface area contributed by atoms with Gasteiger partial charge in [0.05, 0.1) is 22.9 Å². The van der Waals surface area contributed by atoms with Crippen LogP contribution >= 0.6 is 11.8 Å². The molecule has 0 aliphatic rings. The van der Waals surface area contributed by atoms with Crippen molar-refractivity contribution in [3.05, 3.63) is 53.6 Å². The van der Waals surface area contributed by atoms with E-state index in [0.717, 1.165) is 28.8 Å². The summed E-state index contributed by atoms with van der Waals surface area (Å²) in [6, 6.07) is 10.6. The van der Waals surface area contributed by atoms with Crippen LogP contribution in [0.2, 0.25) is 0 Å². The van der Waals surface area contributed by atoms with E-state index < -0.39 is 28.8 Å². The first kappa shape index (κ1) is 27.9. The van der Waals surface area contributed by atoms with E-state index in [2.05, 4.69) is 5.32 Å². The molecule has 0 unspecified atom stereocenters. The third-order valence-electron chi connectivity index (χ3n) is 4.91. The number of thioether (sulfide) groups is 1. The molecule has 0 heterocycles. The fourth-order valence-corrected chi connectivity index (χ4v) is 3.85. The second-order valence-electron chi connectivity index (χ2n) is 7.71. The molecule has 2 rings (SSSR count). The van der Waals surface area contributed by atoms with Crippen molar-refractivity contribution < 1.29 is 32.7 Å². The molecule has 2 N–H and O–H groups in total. The summed E-state index contributed by atoms with van der Waals surface area (Å²) >= 11 is 1.11. The first-order chi connectivity index (χ1) is 16.3. The predicted octanol–water partition coefficient (Wildman–Crippen LogP) is 4.74. The number of anilines is 2. The van der Waals surface area contributed by atoms with Crippen LogP contribution in [0.1, 0.15) is 44.7 Å². The van der Waals surface area contributed by atoms with Gasteiger partial charge in [-0.1, -0.05) is 13.8 Å². The van der Waals surface area contributed by atoms with Gasteiger partial charge in [0.2, 0.25) is 11.8 Å². The molecule has 7 nitrogen and oxygen atoms in total. The highest BCUT2D eigenvalue weighted by atomic mass is 32.2. The summed E-state index contributed by atoms with van der Waals surface area (Å²) in [7, 11) is 0. The number of nitriles is 1. The molecule has 11 heteroatoms. The molecule has 3 amide bonds. The maximum absolute atomic E-state index is 13.1. The molecule has 0 aromatic heterocycles. The van der Waals surface area contributed by atoms with Gasteiger partial charge in [-0.05, 0) is 49.4 Å². The Bertz CT molecular complexity index is 1130. The molecular formula is C24H24F3N3O4S. The van der Waals surface area contributed by atoms with Crippen molar-refractivity contribution in [3.8, 4) is 6.07 Å². The van der Waals surface area contributed by atoms with E-state index in [4.69, 9.17) is 5.26 Å². The maximum atomic E-state index is 13.1. The zero-order valence-corrected chi connectivity index (χ0v) is 20.1. The van der Waals surface area contributed by atoms with Gasteiger partial charge in [-0.15, -0.1) is 11.8 Å². The third-order valence-corrected chi connectivity index (χ3v) is 6.22. The molecule has 0 saturated heterocycles. The summed E-state index contributed by atoms with van der Waals surface area (Å²) in [4.78, 5) is 38.5. The first-order valence-corrected chi connectivity index (χ1v) is 11.6. The molecule has 0 aliphatic carbocycles. The van der Waals surface area contributed by atoms with Gasteiger partial charge in [-0.25, -0.2) is 0 Å². The Labute approximate surface area is 204 Å². The number of benzene rings is 2. The molecule has 0 radical (unpaired) electrons. The number of hydrogen-bond acceptors (Lipinski definition) is 6. The largest absolute Gasteiger partial charge is 0.417 e. The summed E-state index contributed by atoms with van der Waals surface area (Å²) in [6.45, 7) is 4.52. The molecule has 0 fully saturated rings. The minimum atomic E-state index is -4.78. The predicted molar refractivity (Wildman–Crippen MR) is 126 cm³/mol. The van der Waals surface area contributed by atoms with Crippen LogP contribution in [0.15, 0.2) is 47.4 Å². The van der Waals surface area contributed by atoms with E-state index >= 15 is 0 Å². The molecule has 0 spiro atoms. The van der Waals surface area contributed by atoms with Gasteiger partial charge in [-0.3, -0.25) is 19.3 Å². The number of hydrogen-bond donors (Lipinski definition) is 2. The molecule has 186 valence electrons. The summed E-state index contributed by atoms with van der Waals surface area (Å²) in [6.07, 6.45) is -4.47. The smallest absolute Gasteiger partial charge is 0.379 e. The van der Waals surface area contributed by atoms with Crippen molar-refractivity contribution >= 4 is 40.9 Å². The number of nitrogens with zero attached hydrogens (tertiary/aromatic N) is 2. The van der Waals surface area contributed by atoms with Crippen molar-refractivity contribution in [1.29, 1.82) is 5.26 Å². The van der Waals surface area contributed by atoms with Crippen LogP contribution in [0.4, 0.5) is 24.5 Å². The fourth-order valence-electron chi connectivity index (χ4n) is 2.94. The Kier molecular flexibility index (Phi) is 9.06. The minimum absolute atomic E-state index is 0.133. The number of nitrogens with one attached hydrogen (secondary N) is 1. The number of aliphatic hydroxyl groups is 1. The van der Waals surface area contributed by atoms with Crippen LogP contribution < -0.4 is 10.2 Å². The quantitative estimate of drug-likeness (QED) is 0.500. The SMILES string of the molecule is CCC(=O)N(C(=O)CC)c1ccc(SC[C@@](C)(O)C(=O)Nc2ccc(C#N)c(C(F)(F)F)c2)cc1. The van der Waals surface area contributed by atoms with E-state index in [1.807, 2.05) is 0 Å². The van der Waals surface area contributed by atoms with E-state index in [1.165, 1.54) is 13.0 Å². The van der Waals surface area contributed by atoms with Gasteiger partial charge >= 0.3 is 6.18 Å². The highest BCUT2D eigenvalue weighted by Gasteiger charge is 2.35. The van der Waals surface area contributed by atoms with Gasteiger partial charge in [0.25, 0.3) is 5.91 Å². The summed E-state index contributed by atoms with van der Waals surface area (Å²) in [5.74, 6) is -1.74. The van der Waals surface area contributed by atoms with E-state index in [-0.39, 0.29) is 36.1 Å². The molecule has 0 aliphatic heterocycles. The Balaban J connectivity index is 2.10. The normalized spacial score (nSPS) is 12.9. The Hall–Kier alpha value is -3.36. The van der Waals surface area contributed by atoms with Crippen LogP contribution in [0.25, 0.3) is 0 Å². The lowest BCUT2D eigenvalue weighted by Gasteiger charge is -2.23. The Morgan fingerprint density at radius 1 is 1.06 bits per heavy atom. The summed E-state index contributed by atoms with van der Waals surface area (Å²) in [5.41, 5.74) is -3.53. The number of carbonyl (C=O) groups is 3. The van der Waals surface area contributed by atoms with Crippen LogP contribution in [0.3, 0.4) is 0 Å². The standard InChI is InChI=1S/C24H24F3N3O4S/c1-4-20(31)30(21(32)5-2)17-8-10-18(11-9-17)35-14-23(3,34)22(33)29-16-7-6-15(13-28)19(12-16)24(25,26)27/h6-12,34H,4-5,14H2,1-3H3,(H,29,33)/t23-/m1/s1. The van der Waals surface area contributed by atoms with E-state index in [0.29, 0.717) is 16.6 Å². The first-order valence-electron chi connectivity index (χ1n) is 10.6. The Morgan fingerprint density at radius 2 is 1.63 bits per heavy atom. The lowest BCUT2D eigenvalue weighted by atomic mass is 10.1. The van der Waals surface area contributed by atoms with Gasteiger partial charge in [0, 0.05) is 29.2 Å². The van der Waals surface area contributed by atoms with Gasteiger partial charge in [0.15, 0.2) is 0 Å². The molecule has 2 aromatic rings. The third kappa shape index (κ3) is 7.07. The van der Waals surface area contributed by atoms with Crippen LogP contribution in [0.5, 0.6) is 0 Å². The zero-order valence-electron chi connectivity index (χ0n) is 19.3. The average Bonchev–Trinajstić information content (AvgIpc) is 2.82. The number of carbonyl (C=O) groups excluding carboxylic acids is 3. The molecule has 1 atom stereocenters. The number of alkyl halides is 3. The number of imide groups is 1. The van der Waals surface area contributed by atoms with Crippen molar-refractivity contribution in [2.45, 2.75) is 50.3 Å². The van der Waals surface area contributed by atoms with Gasteiger partial charge < -0.3 is 10.4 Å². The number of rotatable bonds is 8. The second kappa shape index (κ2) is 11.4. The number of amides is 3. The summed E-state index contributed by atoms with van der Waals surface area (Å²) < 4.78 is 39.4. The monoisotopic (exact) mass is 507 g/mol. The van der Waals surface area contributed by atoms with Crippen molar-refractivity contribution in [2.24, 2.45) is 0 Å². The van der Waals surface area contributed by atoms with E-state index in [1.54, 1.807) is 38.1 Å². The lowest BCUT2D eigenvalue weighted by molar-refractivity contribution is -0.138. The van der Waals surface area contributed by atoms with Gasteiger partial charge in [-0.2, -0.15) is 18.4 Å².